The fourth-order valence-electron chi connectivity index (χ4n) is 2.60. The highest BCUT2D eigenvalue weighted by molar-refractivity contribution is 7.80. The molecule has 3 rings (SSSR count). The minimum Gasteiger partial charge on any atom is -0.480 e. The zero-order chi connectivity index (χ0) is 18.5. The van der Waals surface area contributed by atoms with Crippen molar-refractivity contribution in [3.05, 3.63) is 77.9 Å². The molecular weight excluding hydrogens is 352 g/mol. The highest BCUT2D eigenvalue weighted by atomic mass is 32.1. The van der Waals surface area contributed by atoms with Gasteiger partial charge in [-0.05, 0) is 42.1 Å². The number of hydrogen-bond donors (Lipinski definition) is 2. The Hall–Kier alpha value is -3.19. The van der Waals surface area contributed by atoms with Gasteiger partial charge in [-0.15, -0.1) is 0 Å². The second-order valence-corrected chi connectivity index (χ2v) is 5.99. The highest BCUT2D eigenvalue weighted by Crippen LogP contribution is 2.18. The van der Waals surface area contributed by atoms with Crippen molar-refractivity contribution in [2.75, 3.05) is 0 Å². The van der Waals surface area contributed by atoms with Gasteiger partial charge in [0.2, 0.25) is 0 Å². The van der Waals surface area contributed by atoms with Crippen LogP contribution in [0, 0.1) is 0 Å². The zero-order valence-corrected chi connectivity index (χ0v) is 14.5. The van der Waals surface area contributed by atoms with E-state index in [9.17, 15) is 14.7 Å². The summed E-state index contributed by atoms with van der Waals surface area (Å²) in [6, 6.07) is 11.6. The smallest absolute Gasteiger partial charge is 0.327 e. The number of carbonyl (C=O) groups is 2. The van der Waals surface area contributed by atoms with Crippen molar-refractivity contribution in [3.63, 3.8) is 0 Å². The van der Waals surface area contributed by atoms with Gasteiger partial charge < -0.3 is 14.8 Å². The standard InChI is InChI=1S/C19H16N2O4S/c22-17-15(10-4-8-14-9-5-11-25-14)20-19(26)21(17)16(18(23)24)12-13-6-2-1-3-7-13/h1-11,16H,12H2,(H,20,26)(H,23,24)/b8-4+,15-10-. The van der Waals surface area contributed by atoms with Crippen molar-refractivity contribution in [1.82, 2.24) is 10.2 Å². The third kappa shape index (κ3) is 3.89. The Morgan fingerprint density at radius 3 is 2.69 bits per heavy atom. The van der Waals surface area contributed by atoms with Gasteiger partial charge in [-0.25, -0.2) is 4.79 Å². The van der Waals surface area contributed by atoms with Crippen molar-refractivity contribution in [2.45, 2.75) is 12.5 Å². The molecule has 26 heavy (non-hydrogen) atoms. The summed E-state index contributed by atoms with van der Waals surface area (Å²) < 4.78 is 5.17. The maximum absolute atomic E-state index is 12.6. The second kappa shape index (κ2) is 7.79. The zero-order valence-electron chi connectivity index (χ0n) is 13.7. The molecule has 0 radical (unpaired) electrons. The third-order valence-corrected chi connectivity index (χ3v) is 4.14. The van der Waals surface area contributed by atoms with E-state index in [4.69, 9.17) is 16.6 Å². The number of furan rings is 1. The largest absolute Gasteiger partial charge is 0.480 e. The van der Waals surface area contributed by atoms with Crippen LogP contribution in [-0.4, -0.2) is 33.0 Å². The number of rotatable bonds is 6. The summed E-state index contributed by atoms with van der Waals surface area (Å²) >= 11 is 5.18. The Bertz CT molecular complexity index is 872. The maximum atomic E-state index is 12.6. The Morgan fingerprint density at radius 2 is 2.04 bits per heavy atom. The number of nitrogens with one attached hydrogen (secondary N) is 1. The molecule has 0 aliphatic carbocycles. The van der Waals surface area contributed by atoms with E-state index in [1.165, 1.54) is 0 Å². The molecule has 1 aliphatic rings. The van der Waals surface area contributed by atoms with Gasteiger partial charge in [-0.1, -0.05) is 36.4 Å². The molecule has 1 unspecified atom stereocenters. The lowest BCUT2D eigenvalue weighted by Crippen LogP contribution is -2.46. The van der Waals surface area contributed by atoms with Gasteiger partial charge in [0.1, 0.15) is 17.5 Å². The van der Waals surface area contributed by atoms with Crippen LogP contribution in [0.25, 0.3) is 6.08 Å². The number of carboxylic acids is 1. The number of hydrogen-bond acceptors (Lipinski definition) is 4. The Balaban J connectivity index is 1.79. The van der Waals surface area contributed by atoms with E-state index >= 15 is 0 Å². The van der Waals surface area contributed by atoms with Gasteiger partial charge in [-0.3, -0.25) is 9.69 Å². The highest BCUT2D eigenvalue weighted by Gasteiger charge is 2.39. The van der Waals surface area contributed by atoms with Crippen LogP contribution in [-0.2, 0) is 16.0 Å². The molecule has 0 spiro atoms. The molecule has 1 aromatic heterocycles. The summed E-state index contributed by atoms with van der Waals surface area (Å²) in [6.45, 7) is 0. The van der Waals surface area contributed by atoms with Crippen LogP contribution in [0.1, 0.15) is 11.3 Å². The van der Waals surface area contributed by atoms with E-state index in [0.29, 0.717) is 5.76 Å². The summed E-state index contributed by atoms with van der Waals surface area (Å²) in [5, 5.41) is 12.4. The molecule has 2 heterocycles. The molecule has 1 atom stereocenters. The summed E-state index contributed by atoms with van der Waals surface area (Å²) in [5.74, 6) is -0.944. The number of carbonyl (C=O) groups excluding carboxylic acids is 1. The molecule has 1 amide bonds. The molecule has 6 nitrogen and oxygen atoms in total. The van der Waals surface area contributed by atoms with Crippen molar-refractivity contribution in [3.8, 4) is 0 Å². The van der Waals surface area contributed by atoms with Crippen LogP contribution in [0.5, 0.6) is 0 Å². The molecule has 132 valence electrons. The number of nitrogens with zero attached hydrogens (tertiary/aromatic N) is 1. The van der Waals surface area contributed by atoms with E-state index in [2.05, 4.69) is 5.32 Å². The lowest BCUT2D eigenvalue weighted by Gasteiger charge is -2.22. The molecule has 1 fully saturated rings. The Labute approximate surface area is 155 Å². The molecule has 7 heteroatoms. The number of amides is 1. The number of benzene rings is 1. The quantitative estimate of drug-likeness (QED) is 0.602. The first kappa shape index (κ1) is 17.6. The fraction of sp³-hybridized carbons (Fsp3) is 0.105. The number of allylic oxidation sites excluding steroid dienone is 2. The van der Waals surface area contributed by atoms with Gasteiger partial charge in [-0.2, -0.15) is 0 Å². The normalized spacial score (nSPS) is 17.1. The molecule has 0 saturated carbocycles. The molecule has 2 N–H and O–H groups in total. The lowest BCUT2D eigenvalue weighted by atomic mass is 10.0. The number of carboxylic acid groups (broad SMARTS) is 1. The predicted octanol–water partition coefficient (Wildman–Crippen LogP) is 2.59. The van der Waals surface area contributed by atoms with Gasteiger partial charge in [0, 0.05) is 6.42 Å². The van der Waals surface area contributed by atoms with Gasteiger partial charge in [0.25, 0.3) is 5.91 Å². The monoisotopic (exact) mass is 368 g/mol. The van der Waals surface area contributed by atoms with E-state index in [1.807, 2.05) is 30.3 Å². The summed E-state index contributed by atoms with van der Waals surface area (Å²) in [4.78, 5) is 25.5. The average molecular weight is 368 g/mol. The van der Waals surface area contributed by atoms with Crippen molar-refractivity contribution in [2.24, 2.45) is 0 Å². The van der Waals surface area contributed by atoms with Crippen molar-refractivity contribution < 1.29 is 19.1 Å². The van der Waals surface area contributed by atoms with Crippen molar-refractivity contribution >= 4 is 35.3 Å². The van der Waals surface area contributed by atoms with E-state index in [-0.39, 0.29) is 17.2 Å². The van der Waals surface area contributed by atoms with Crippen molar-refractivity contribution in [1.29, 1.82) is 0 Å². The summed E-state index contributed by atoms with van der Waals surface area (Å²) in [7, 11) is 0. The van der Waals surface area contributed by atoms with Gasteiger partial charge >= 0.3 is 5.97 Å². The molecular formula is C19H16N2O4S. The number of aliphatic carboxylic acids is 1. The molecule has 1 saturated heterocycles. The van der Waals surface area contributed by atoms with Crippen LogP contribution >= 0.6 is 12.2 Å². The fourth-order valence-corrected chi connectivity index (χ4v) is 2.92. The first-order valence-corrected chi connectivity index (χ1v) is 8.30. The molecule has 1 aliphatic heterocycles. The van der Waals surface area contributed by atoms with E-state index in [1.54, 1.807) is 36.6 Å². The molecule has 0 bridgehead atoms. The topological polar surface area (TPSA) is 82.8 Å². The minimum absolute atomic E-state index is 0.0796. The first-order chi connectivity index (χ1) is 12.6. The minimum atomic E-state index is -1.11. The molecule has 2 aromatic rings. The van der Waals surface area contributed by atoms with Crippen LogP contribution in [0.3, 0.4) is 0 Å². The van der Waals surface area contributed by atoms with E-state index < -0.39 is 17.9 Å². The average Bonchev–Trinajstić information content (AvgIpc) is 3.23. The van der Waals surface area contributed by atoms with E-state index in [0.717, 1.165) is 10.5 Å². The third-order valence-electron chi connectivity index (χ3n) is 3.84. The number of thiocarbonyl (C=S) groups is 1. The Kier molecular flexibility index (Phi) is 5.28. The summed E-state index contributed by atoms with van der Waals surface area (Å²) in [6.07, 6.45) is 6.58. The Morgan fingerprint density at radius 1 is 1.27 bits per heavy atom. The first-order valence-electron chi connectivity index (χ1n) is 7.89. The van der Waals surface area contributed by atoms with Crippen LogP contribution in [0.15, 0.2) is 71.0 Å². The van der Waals surface area contributed by atoms with Crippen LogP contribution < -0.4 is 5.32 Å². The SMILES string of the molecule is O=C(O)C(Cc1ccccc1)N1C(=O)/C(=C/C=C/c2ccco2)NC1=S. The summed E-state index contributed by atoms with van der Waals surface area (Å²) in [5.41, 5.74) is 1.03. The lowest BCUT2D eigenvalue weighted by molar-refractivity contribution is -0.145. The van der Waals surface area contributed by atoms with Crippen LogP contribution in [0.4, 0.5) is 0 Å². The molecule has 1 aromatic carbocycles. The maximum Gasteiger partial charge on any atom is 0.327 e. The van der Waals surface area contributed by atoms with Crippen LogP contribution in [0.2, 0.25) is 0 Å². The van der Waals surface area contributed by atoms with Gasteiger partial charge in [0.15, 0.2) is 5.11 Å². The predicted molar refractivity (Wildman–Crippen MR) is 100.0 cm³/mol. The van der Waals surface area contributed by atoms with Gasteiger partial charge in [0.05, 0.1) is 6.26 Å². The second-order valence-electron chi connectivity index (χ2n) is 5.60.